The van der Waals surface area contributed by atoms with E-state index in [1.165, 1.54) is 11.1 Å². The summed E-state index contributed by atoms with van der Waals surface area (Å²) in [5, 5.41) is 0. The predicted molar refractivity (Wildman–Crippen MR) is 124 cm³/mol. The van der Waals surface area contributed by atoms with E-state index in [-0.39, 0.29) is 11.8 Å². The van der Waals surface area contributed by atoms with Crippen molar-refractivity contribution in [1.82, 2.24) is 14.7 Å². The van der Waals surface area contributed by atoms with Crippen molar-refractivity contribution in [2.24, 2.45) is 0 Å². The molecule has 2 amide bonds. The number of carbonyl (C=O) groups is 2. The fraction of sp³-hybridized carbons (Fsp3) is 0.462. The van der Waals surface area contributed by atoms with Crippen LogP contribution in [0.15, 0.2) is 60.7 Å². The minimum absolute atomic E-state index is 0.0546. The van der Waals surface area contributed by atoms with E-state index < -0.39 is 6.10 Å². The van der Waals surface area contributed by atoms with Crippen LogP contribution in [-0.4, -0.2) is 78.5 Å². The number of piperazine rings is 1. The molecule has 2 aliphatic heterocycles. The molecule has 4 rings (SSSR count). The number of amides is 2. The molecule has 170 valence electrons. The number of aryl methyl sites for hydroxylation is 1. The zero-order chi connectivity index (χ0) is 22.2. The van der Waals surface area contributed by atoms with Gasteiger partial charge in [0.05, 0.1) is 6.61 Å². The second-order valence-electron chi connectivity index (χ2n) is 8.63. The quantitative estimate of drug-likeness (QED) is 0.671. The summed E-state index contributed by atoms with van der Waals surface area (Å²) in [5.74, 6) is 0.245. The standard InChI is InChI=1S/C26H33N3O3/c30-25(13-7-12-22-8-3-1-4-9-22)28-14-16-29(17-15-28)26(31)24-21-27(18-19-32-24)20-23-10-5-2-6-11-23/h1-6,8-11,24H,7,12-21H2. The van der Waals surface area contributed by atoms with Crippen LogP contribution >= 0.6 is 0 Å². The van der Waals surface area contributed by atoms with Crippen LogP contribution in [0.1, 0.15) is 24.0 Å². The molecule has 0 N–H and O–H groups in total. The van der Waals surface area contributed by atoms with Crippen molar-refractivity contribution < 1.29 is 14.3 Å². The van der Waals surface area contributed by atoms with E-state index in [2.05, 4.69) is 29.2 Å². The fourth-order valence-electron chi connectivity index (χ4n) is 4.46. The van der Waals surface area contributed by atoms with Crippen LogP contribution in [0.3, 0.4) is 0 Å². The Labute approximate surface area is 190 Å². The van der Waals surface area contributed by atoms with Crippen LogP contribution in [0.4, 0.5) is 0 Å². The molecule has 2 aromatic carbocycles. The summed E-state index contributed by atoms with van der Waals surface area (Å²) >= 11 is 0. The van der Waals surface area contributed by atoms with E-state index >= 15 is 0 Å². The largest absolute Gasteiger partial charge is 0.366 e. The van der Waals surface area contributed by atoms with Crippen LogP contribution < -0.4 is 0 Å². The molecule has 6 heteroatoms. The van der Waals surface area contributed by atoms with Gasteiger partial charge in [-0.1, -0.05) is 60.7 Å². The Morgan fingerprint density at radius 3 is 2.12 bits per heavy atom. The van der Waals surface area contributed by atoms with E-state index in [1.54, 1.807) is 0 Å². The van der Waals surface area contributed by atoms with Crippen molar-refractivity contribution in [2.45, 2.75) is 31.9 Å². The summed E-state index contributed by atoms with van der Waals surface area (Å²) in [7, 11) is 0. The number of rotatable bonds is 7. The molecular formula is C26H33N3O3. The molecule has 2 heterocycles. The molecule has 2 saturated heterocycles. The molecule has 2 fully saturated rings. The summed E-state index contributed by atoms with van der Waals surface area (Å²) in [6.45, 7) is 5.25. The van der Waals surface area contributed by atoms with Gasteiger partial charge in [0.1, 0.15) is 6.10 Å². The van der Waals surface area contributed by atoms with Crippen molar-refractivity contribution in [3.63, 3.8) is 0 Å². The van der Waals surface area contributed by atoms with E-state index in [9.17, 15) is 9.59 Å². The molecular weight excluding hydrogens is 402 g/mol. The third-order valence-corrected chi connectivity index (χ3v) is 6.32. The van der Waals surface area contributed by atoms with Gasteiger partial charge in [-0.15, -0.1) is 0 Å². The van der Waals surface area contributed by atoms with E-state index in [1.807, 2.05) is 46.2 Å². The molecule has 6 nitrogen and oxygen atoms in total. The molecule has 1 unspecified atom stereocenters. The molecule has 0 aliphatic carbocycles. The lowest BCUT2D eigenvalue weighted by Gasteiger charge is -2.39. The minimum atomic E-state index is -0.416. The smallest absolute Gasteiger partial charge is 0.253 e. The van der Waals surface area contributed by atoms with Crippen molar-refractivity contribution in [3.8, 4) is 0 Å². The lowest BCUT2D eigenvalue weighted by atomic mass is 10.1. The molecule has 0 bridgehead atoms. The third kappa shape index (κ3) is 6.17. The number of nitrogens with zero attached hydrogens (tertiary/aromatic N) is 3. The van der Waals surface area contributed by atoms with Crippen molar-refractivity contribution in [1.29, 1.82) is 0 Å². The first-order valence-corrected chi connectivity index (χ1v) is 11.7. The third-order valence-electron chi connectivity index (χ3n) is 6.32. The normalized spacial score (nSPS) is 19.7. The number of hydrogen-bond acceptors (Lipinski definition) is 4. The topological polar surface area (TPSA) is 53.1 Å². The van der Waals surface area contributed by atoms with Gasteiger partial charge in [0.15, 0.2) is 0 Å². The zero-order valence-corrected chi connectivity index (χ0v) is 18.7. The second kappa shape index (κ2) is 11.2. The van der Waals surface area contributed by atoms with Crippen molar-refractivity contribution in [3.05, 3.63) is 71.8 Å². The highest BCUT2D eigenvalue weighted by atomic mass is 16.5. The molecule has 0 saturated carbocycles. The Balaban J connectivity index is 1.19. The van der Waals surface area contributed by atoms with Gasteiger partial charge in [-0.25, -0.2) is 0 Å². The first kappa shape index (κ1) is 22.5. The highest BCUT2D eigenvalue weighted by Crippen LogP contribution is 2.15. The van der Waals surface area contributed by atoms with Crippen molar-refractivity contribution in [2.75, 3.05) is 45.9 Å². The van der Waals surface area contributed by atoms with Gasteiger partial charge in [0.2, 0.25) is 5.91 Å². The van der Waals surface area contributed by atoms with Crippen molar-refractivity contribution >= 4 is 11.8 Å². The molecule has 2 aromatic rings. The Morgan fingerprint density at radius 1 is 0.812 bits per heavy atom. The summed E-state index contributed by atoms with van der Waals surface area (Å²) in [6.07, 6.45) is 1.92. The summed E-state index contributed by atoms with van der Waals surface area (Å²) in [6, 6.07) is 20.6. The number of hydrogen-bond donors (Lipinski definition) is 0. The van der Waals surface area contributed by atoms with Crippen LogP contribution in [0, 0.1) is 0 Å². The first-order valence-electron chi connectivity index (χ1n) is 11.7. The number of ether oxygens (including phenoxy) is 1. The minimum Gasteiger partial charge on any atom is -0.366 e. The van der Waals surface area contributed by atoms with Gasteiger partial charge in [-0.2, -0.15) is 0 Å². The maximum atomic E-state index is 13.0. The molecule has 0 spiro atoms. The van der Waals surface area contributed by atoms with Gasteiger partial charge < -0.3 is 14.5 Å². The summed E-state index contributed by atoms with van der Waals surface area (Å²) in [5.41, 5.74) is 2.52. The van der Waals surface area contributed by atoms with E-state index in [4.69, 9.17) is 4.74 Å². The van der Waals surface area contributed by atoms with E-state index in [0.29, 0.717) is 45.8 Å². The SMILES string of the molecule is O=C(CCCc1ccccc1)N1CCN(C(=O)C2CN(Cc3ccccc3)CCO2)CC1. The van der Waals surface area contributed by atoms with Gasteiger partial charge in [0.25, 0.3) is 5.91 Å². The van der Waals surface area contributed by atoms with Crippen LogP contribution in [0.25, 0.3) is 0 Å². The molecule has 32 heavy (non-hydrogen) atoms. The predicted octanol–water partition coefficient (Wildman–Crippen LogP) is 2.58. The first-order chi connectivity index (χ1) is 15.7. The number of carbonyl (C=O) groups excluding carboxylic acids is 2. The molecule has 0 radical (unpaired) electrons. The maximum Gasteiger partial charge on any atom is 0.253 e. The van der Waals surface area contributed by atoms with E-state index in [0.717, 1.165) is 25.9 Å². The van der Waals surface area contributed by atoms with Crippen LogP contribution in [0.5, 0.6) is 0 Å². The van der Waals surface area contributed by atoms with Crippen LogP contribution in [-0.2, 0) is 27.3 Å². The zero-order valence-electron chi connectivity index (χ0n) is 18.7. The monoisotopic (exact) mass is 435 g/mol. The highest BCUT2D eigenvalue weighted by molar-refractivity contribution is 5.82. The fourth-order valence-corrected chi connectivity index (χ4v) is 4.46. The second-order valence-corrected chi connectivity index (χ2v) is 8.63. The summed E-state index contributed by atoms with van der Waals surface area (Å²) in [4.78, 5) is 31.7. The van der Waals surface area contributed by atoms with Gasteiger partial charge in [-0.3, -0.25) is 14.5 Å². The average Bonchev–Trinajstić information content (AvgIpc) is 2.85. The lowest BCUT2D eigenvalue weighted by Crippen LogP contribution is -2.56. The average molecular weight is 436 g/mol. The van der Waals surface area contributed by atoms with Gasteiger partial charge >= 0.3 is 0 Å². The lowest BCUT2D eigenvalue weighted by molar-refractivity contribution is -0.153. The van der Waals surface area contributed by atoms with Crippen LogP contribution in [0.2, 0.25) is 0 Å². The Morgan fingerprint density at radius 2 is 1.44 bits per heavy atom. The number of benzene rings is 2. The van der Waals surface area contributed by atoms with Gasteiger partial charge in [0, 0.05) is 52.2 Å². The van der Waals surface area contributed by atoms with Gasteiger partial charge in [-0.05, 0) is 24.0 Å². The molecule has 2 aliphatic rings. The number of morpholine rings is 1. The summed E-state index contributed by atoms with van der Waals surface area (Å²) < 4.78 is 5.82. The maximum absolute atomic E-state index is 13.0. The Hall–Kier alpha value is -2.70. The Kier molecular flexibility index (Phi) is 7.91. The Bertz CT molecular complexity index is 866. The molecule has 0 aromatic heterocycles. The highest BCUT2D eigenvalue weighted by Gasteiger charge is 2.32. The molecule has 1 atom stereocenters.